The summed E-state index contributed by atoms with van der Waals surface area (Å²) in [6, 6.07) is 28.8. The van der Waals surface area contributed by atoms with Crippen LogP contribution in [0.5, 0.6) is 0 Å². The molecule has 0 radical (unpaired) electrons. The second-order valence-corrected chi connectivity index (χ2v) is 21.4. The van der Waals surface area contributed by atoms with Gasteiger partial charge in [0.05, 0.1) is 24.2 Å². The van der Waals surface area contributed by atoms with Crippen LogP contribution in [0, 0.1) is 11.3 Å². The van der Waals surface area contributed by atoms with Gasteiger partial charge < -0.3 is 29.4 Å². The molecule has 2 aromatic heterocycles. The number of carbonyl (C=O) groups excluding carboxylic acids is 3. The summed E-state index contributed by atoms with van der Waals surface area (Å²) in [5.74, 6) is -0.610. The summed E-state index contributed by atoms with van der Waals surface area (Å²) in [5.41, 5.74) is 2.73. The number of rotatable bonds is 11. The van der Waals surface area contributed by atoms with Crippen molar-refractivity contribution in [3.8, 4) is 28.3 Å². The first-order valence-corrected chi connectivity index (χ1v) is 24.8. The van der Waals surface area contributed by atoms with Crippen molar-refractivity contribution in [2.24, 2.45) is 0 Å². The van der Waals surface area contributed by atoms with Crippen LogP contribution in [-0.4, -0.2) is 104 Å². The Labute approximate surface area is 440 Å². The molecule has 7 rings (SSSR count). The molecule has 18 heteroatoms. The third-order valence-corrected chi connectivity index (χ3v) is 12.2. The lowest BCUT2D eigenvalue weighted by Gasteiger charge is -2.34. The molecule has 14 nitrogen and oxygen atoms in total. The Balaban J connectivity index is 0.000000207. The second kappa shape index (κ2) is 25.2. The van der Waals surface area contributed by atoms with Crippen LogP contribution < -0.4 is 5.32 Å². The third kappa shape index (κ3) is 15.6. The lowest BCUT2D eigenvalue weighted by molar-refractivity contribution is -0.122. The number of pyridine rings is 2. The number of nitriles is 1. The summed E-state index contributed by atoms with van der Waals surface area (Å²) in [4.78, 5) is 47.5. The SMILES string of the molecule is CC(C)(C)OC(=O)N1[C@H](CF)[C@@H](c2ccc(-c3cccnc3)cc2)OC1(C)C.CC(C)(C)OC(=O)N1[C@H](CF)[C@@H](c2ccc(Br)cc2)OC1(C)C.N#CCC(=O)N[C@H](CF)[C@H](O)c1ccc(-c2cccnc2)cc1. The zero-order valence-electron chi connectivity index (χ0n) is 43.4. The molecule has 5 aromatic rings. The first-order valence-electron chi connectivity index (χ1n) is 24.0. The van der Waals surface area contributed by atoms with E-state index in [9.17, 15) is 32.7 Å². The van der Waals surface area contributed by atoms with Gasteiger partial charge in [0.15, 0.2) is 0 Å². The summed E-state index contributed by atoms with van der Waals surface area (Å²) >= 11 is 3.38. The number of benzene rings is 3. The van der Waals surface area contributed by atoms with E-state index in [1.54, 1.807) is 124 Å². The number of halogens is 4. The number of hydrogen-bond acceptors (Lipinski definition) is 11. The van der Waals surface area contributed by atoms with E-state index in [1.807, 2.05) is 72.8 Å². The molecule has 396 valence electrons. The van der Waals surface area contributed by atoms with Gasteiger partial charge in [-0.25, -0.2) is 22.8 Å². The molecule has 6 atom stereocenters. The summed E-state index contributed by atoms with van der Waals surface area (Å²) < 4.78 is 64.8. The molecule has 0 saturated carbocycles. The van der Waals surface area contributed by atoms with Crippen LogP contribution in [0.15, 0.2) is 126 Å². The third-order valence-electron chi connectivity index (χ3n) is 11.7. The maximum absolute atomic E-state index is 14.0. The highest BCUT2D eigenvalue weighted by Crippen LogP contribution is 2.44. The van der Waals surface area contributed by atoms with Crippen LogP contribution in [0.2, 0.25) is 0 Å². The van der Waals surface area contributed by atoms with E-state index in [2.05, 4.69) is 31.2 Å². The molecule has 0 aliphatic carbocycles. The van der Waals surface area contributed by atoms with Crippen molar-refractivity contribution in [1.82, 2.24) is 25.1 Å². The minimum atomic E-state index is -1.19. The molecule has 0 unspecified atom stereocenters. The summed E-state index contributed by atoms with van der Waals surface area (Å²) in [6.45, 7) is 15.4. The van der Waals surface area contributed by atoms with Gasteiger partial charge in [0, 0.05) is 29.3 Å². The molecule has 2 aliphatic heterocycles. The largest absolute Gasteiger partial charge is 0.444 e. The fraction of sp³-hybridized carbons (Fsp3) is 0.429. The molecule has 2 fully saturated rings. The Morgan fingerprint density at radius 1 is 0.703 bits per heavy atom. The molecule has 3 amide bonds. The van der Waals surface area contributed by atoms with Crippen molar-refractivity contribution >= 4 is 34.0 Å². The summed E-state index contributed by atoms with van der Waals surface area (Å²) in [7, 11) is 0. The number of ether oxygens (including phenoxy) is 4. The van der Waals surface area contributed by atoms with Crippen LogP contribution >= 0.6 is 15.9 Å². The number of nitrogens with one attached hydrogen (secondary N) is 1. The van der Waals surface area contributed by atoms with Crippen LogP contribution in [-0.2, 0) is 23.7 Å². The number of alkyl halides is 3. The standard InChI is InChI=1S/C22H27FN2O3.C17H23BrFNO3.C17H16FN3O2/c1-21(2,3)28-20(26)25-18(13-23)19(27-22(25,4)5)16-10-8-15(9-11-16)17-7-6-12-24-14-17;1-16(2,3)23-15(21)20-13(10-19)14(22-17(20,4)5)11-6-8-12(18)9-7-11;18-10-15(21-16(22)7-8-19)17(23)13-5-3-12(4-6-13)14-2-1-9-20-11-14/h6-12,14,18-19H,13H2,1-5H3;6-9,13-14H,10H2,1-5H3;1-6,9,11,15,17,23H,7,10H2,(H,21,22)/t18-,19-;13-,14-;15-,17-/m111/s1. The average Bonchev–Trinajstić information content (AvgIpc) is 3.80. The van der Waals surface area contributed by atoms with E-state index in [0.29, 0.717) is 5.56 Å². The molecule has 3 aromatic carbocycles. The first-order chi connectivity index (χ1) is 34.8. The number of amides is 3. The highest BCUT2D eigenvalue weighted by atomic mass is 79.9. The Morgan fingerprint density at radius 3 is 1.46 bits per heavy atom. The van der Waals surface area contributed by atoms with Crippen molar-refractivity contribution in [1.29, 1.82) is 5.26 Å². The molecule has 74 heavy (non-hydrogen) atoms. The molecule has 2 N–H and O–H groups in total. The van der Waals surface area contributed by atoms with Crippen molar-refractivity contribution in [2.75, 3.05) is 20.0 Å². The topological polar surface area (TPSA) is 176 Å². The zero-order valence-corrected chi connectivity index (χ0v) is 45.0. The van der Waals surface area contributed by atoms with Gasteiger partial charge in [-0.1, -0.05) is 88.7 Å². The fourth-order valence-corrected chi connectivity index (χ4v) is 8.66. The minimum Gasteiger partial charge on any atom is -0.444 e. The molecule has 4 heterocycles. The van der Waals surface area contributed by atoms with Gasteiger partial charge in [0.25, 0.3) is 0 Å². The number of aromatic nitrogens is 2. The highest BCUT2D eigenvalue weighted by molar-refractivity contribution is 9.10. The lowest BCUT2D eigenvalue weighted by Crippen LogP contribution is -2.50. The first kappa shape index (κ1) is 58.5. The van der Waals surface area contributed by atoms with Gasteiger partial charge in [0.2, 0.25) is 5.91 Å². The van der Waals surface area contributed by atoms with Crippen molar-refractivity contribution < 1.29 is 51.6 Å². The number of carbonyl (C=O) groups is 3. The van der Waals surface area contributed by atoms with Gasteiger partial charge in [-0.3, -0.25) is 24.6 Å². The molecule has 0 bridgehead atoms. The quantitative estimate of drug-likeness (QED) is 0.129. The molecular formula is C56H66BrF3N6O8. The minimum absolute atomic E-state index is 0.372. The Hall–Kier alpha value is -6.39. The van der Waals surface area contributed by atoms with Gasteiger partial charge in [0.1, 0.15) is 67.4 Å². The second-order valence-electron chi connectivity index (χ2n) is 20.5. The van der Waals surface area contributed by atoms with Crippen LogP contribution in [0.4, 0.5) is 22.8 Å². The van der Waals surface area contributed by atoms with Crippen molar-refractivity contribution in [3.05, 3.63) is 143 Å². The van der Waals surface area contributed by atoms with Crippen molar-refractivity contribution in [3.63, 3.8) is 0 Å². The van der Waals surface area contributed by atoms with Crippen LogP contribution in [0.25, 0.3) is 22.3 Å². The smallest absolute Gasteiger partial charge is 0.413 e. The van der Waals surface area contributed by atoms with E-state index >= 15 is 0 Å². The van der Waals surface area contributed by atoms with Gasteiger partial charge in [-0.05, 0) is 132 Å². The zero-order chi connectivity index (χ0) is 54.6. The Kier molecular flexibility index (Phi) is 19.9. The monoisotopic (exact) mass is 1090 g/mol. The summed E-state index contributed by atoms with van der Waals surface area (Å²) in [5, 5.41) is 21.0. The maximum Gasteiger partial charge on any atom is 0.413 e. The predicted molar refractivity (Wildman–Crippen MR) is 278 cm³/mol. The van der Waals surface area contributed by atoms with E-state index < -0.39 is 97.2 Å². The van der Waals surface area contributed by atoms with E-state index in [0.717, 1.165) is 37.9 Å². The Bertz CT molecular complexity index is 2650. The van der Waals surface area contributed by atoms with E-state index in [-0.39, 0.29) is 6.42 Å². The lowest BCUT2D eigenvalue weighted by atomic mass is 9.99. The average molecular weight is 1090 g/mol. The number of aliphatic hydroxyl groups excluding tert-OH is 1. The number of aliphatic hydroxyl groups is 1. The Morgan fingerprint density at radius 2 is 1.11 bits per heavy atom. The fourth-order valence-electron chi connectivity index (χ4n) is 8.40. The van der Waals surface area contributed by atoms with Gasteiger partial charge in [-0.2, -0.15) is 5.26 Å². The van der Waals surface area contributed by atoms with Crippen molar-refractivity contribution in [2.45, 2.75) is 135 Å². The number of nitrogens with zero attached hydrogens (tertiary/aromatic N) is 5. The maximum atomic E-state index is 14.0. The van der Waals surface area contributed by atoms with Gasteiger partial charge in [-0.15, -0.1) is 0 Å². The van der Waals surface area contributed by atoms with E-state index in [1.165, 1.54) is 9.80 Å². The van der Waals surface area contributed by atoms with Crippen LogP contribution in [0.3, 0.4) is 0 Å². The van der Waals surface area contributed by atoms with Gasteiger partial charge >= 0.3 is 12.2 Å². The predicted octanol–water partition coefficient (Wildman–Crippen LogP) is 12.1. The normalized spacial score (nSPS) is 19.6. The molecular weight excluding hydrogens is 1020 g/mol. The summed E-state index contributed by atoms with van der Waals surface area (Å²) in [6.07, 6.45) is 3.11. The van der Waals surface area contributed by atoms with E-state index in [4.69, 9.17) is 24.2 Å². The molecule has 0 spiro atoms. The number of hydrogen-bond donors (Lipinski definition) is 2. The van der Waals surface area contributed by atoms with Crippen LogP contribution in [0.1, 0.15) is 111 Å². The molecule has 2 aliphatic rings. The molecule has 2 saturated heterocycles. The highest BCUT2D eigenvalue weighted by Gasteiger charge is 2.53.